The van der Waals surface area contributed by atoms with Crippen molar-refractivity contribution in [2.75, 3.05) is 19.6 Å². The highest BCUT2D eigenvalue weighted by atomic mass is 16.2. The summed E-state index contributed by atoms with van der Waals surface area (Å²) in [4.78, 5) is 27.6. The summed E-state index contributed by atoms with van der Waals surface area (Å²) in [5.74, 6) is -0.227. The van der Waals surface area contributed by atoms with E-state index in [4.69, 9.17) is 5.26 Å². The number of hydrogen-bond acceptors (Lipinski definition) is 3. The molecular weight excluding hydrogens is 254 g/mol. The van der Waals surface area contributed by atoms with Crippen LogP contribution in [0, 0.1) is 11.3 Å². The standard InChI is InChI=1S/C15H17N3O2/c1-11(2)18-7-6-17(10-14(18)19)15(20)13-5-3-4-12(8-13)9-16/h3-5,8,11H,6-7,10H2,1-2H3. The Morgan fingerprint density at radius 3 is 2.70 bits per heavy atom. The van der Waals surface area contributed by atoms with Crippen LogP contribution < -0.4 is 0 Å². The highest BCUT2D eigenvalue weighted by molar-refractivity contribution is 5.97. The summed E-state index contributed by atoms with van der Waals surface area (Å²) in [7, 11) is 0. The highest BCUT2D eigenvalue weighted by Gasteiger charge is 2.28. The number of nitrogens with zero attached hydrogens (tertiary/aromatic N) is 3. The lowest BCUT2D eigenvalue weighted by molar-refractivity contribution is -0.136. The lowest BCUT2D eigenvalue weighted by Gasteiger charge is -2.36. The topological polar surface area (TPSA) is 64.4 Å². The minimum atomic E-state index is -0.196. The highest BCUT2D eigenvalue weighted by Crippen LogP contribution is 2.12. The maximum absolute atomic E-state index is 12.3. The van der Waals surface area contributed by atoms with Crippen molar-refractivity contribution in [3.05, 3.63) is 35.4 Å². The second-order valence-electron chi connectivity index (χ2n) is 5.10. The summed E-state index contributed by atoms with van der Waals surface area (Å²) in [6.45, 7) is 5.12. The van der Waals surface area contributed by atoms with Gasteiger partial charge in [0, 0.05) is 24.7 Å². The molecular formula is C15H17N3O2. The average Bonchev–Trinajstić information content (AvgIpc) is 2.46. The predicted molar refractivity (Wildman–Crippen MR) is 73.9 cm³/mol. The predicted octanol–water partition coefficient (Wildman–Crippen LogP) is 1.25. The van der Waals surface area contributed by atoms with Gasteiger partial charge in [0.25, 0.3) is 5.91 Å². The van der Waals surface area contributed by atoms with Crippen molar-refractivity contribution in [3.8, 4) is 6.07 Å². The van der Waals surface area contributed by atoms with Crippen LogP contribution in [0.5, 0.6) is 0 Å². The molecule has 0 radical (unpaired) electrons. The van der Waals surface area contributed by atoms with Gasteiger partial charge in [-0.25, -0.2) is 0 Å². The van der Waals surface area contributed by atoms with E-state index in [0.717, 1.165) is 0 Å². The molecule has 1 aliphatic heterocycles. The first-order valence-electron chi connectivity index (χ1n) is 6.62. The van der Waals surface area contributed by atoms with E-state index in [1.807, 2.05) is 19.9 Å². The molecule has 2 rings (SSSR count). The molecule has 104 valence electrons. The summed E-state index contributed by atoms with van der Waals surface area (Å²) in [5.41, 5.74) is 0.901. The molecule has 1 aromatic rings. The second kappa shape index (κ2) is 5.74. The van der Waals surface area contributed by atoms with Crippen LogP contribution in [0.25, 0.3) is 0 Å². The first-order valence-corrected chi connectivity index (χ1v) is 6.62. The van der Waals surface area contributed by atoms with E-state index in [-0.39, 0.29) is 24.4 Å². The number of carbonyl (C=O) groups excluding carboxylic acids is 2. The Balaban J connectivity index is 2.11. The quantitative estimate of drug-likeness (QED) is 0.813. The van der Waals surface area contributed by atoms with Gasteiger partial charge in [0.2, 0.25) is 5.91 Å². The zero-order chi connectivity index (χ0) is 14.7. The molecule has 0 aromatic heterocycles. The largest absolute Gasteiger partial charge is 0.337 e. The van der Waals surface area contributed by atoms with E-state index >= 15 is 0 Å². The smallest absolute Gasteiger partial charge is 0.254 e. The van der Waals surface area contributed by atoms with Crippen LogP contribution in [-0.2, 0) is 4.79 Å². The molecule has 0 bridgehead atoms. The second-order valence-corrected chi connectivity index (χ2v) is 5.10. The molecule has 0 atom stereocenters. The van der Waals surface area contributed by atoms with E-state index in [2.05, 4.69) is 0 Å². The van der Waals surface area contributed by atoms with Gasteiger partial charge in [0.1, 0.15) is 6.54 Å². The van der Waals surface area contributed by atoms with Crippen LogP contribution in [0.2, 0.25) is 0 Å². The minimum absolute atomic E-state index is 0.0314. The van der Waals surface area contributed by atoms with E-state index in [9.17, 15) is 9.59 Å². The van der Waals surface area contributed by atoms with Crippen LogP contribution in [0.15, 0.2) is 24.3 Å². The number of rotatable bonds is 2. The molecule has 0 N–H and O–H groups in total. The van der Waals surface area contributed by atoms with Crippen LogP contribution in [0.3, 0.4) is 0 Å². The van der Waals surface area contributed by atoms with Gasteiger partial charge in [0.05, 0.1) is 11.6 Å². The fraction of sp³-hybridized carbons (Fsp3) is 0.400. The monoisotopic (exact) mass is 271 g/mol. The van der Waals surface area contributed by atoms with Crippen molar-refractivity contribution >= 4 is 11.8 Å². The number of carbonyl (C=O) groups is 2. The Bertz CT molecular complexity index is 575. The normalized spacial score (nSPS) is 15.4. The molecule has 0 unspecified atom stereocenters. The van der Waals surface area contributed by atoms with Crippen molar-refractivity contribution in [1.29, 1.82) is 5.26 Å². The van der Waals surface area contributed by atoms with Crippen LogP contribution in [0.4, 0.5) is 0 Å². The third-order valence-corrected chi connectivity index (χ3v) is 3.41. The lowest BCUT2D eigenvalue weighted by Crippen LogP contribution is -2.54. The number of benzene rings is 1. The van der Waals surface area contributed by atoms with Gasteiger partial charge in [-0.3, -0.25) is 9.59 Å². The lowest BCUT2D eigenvalue weighted by atomic mass is 10.1. The molecule has 0 aliphatic carbocycles. The van der Waals surface area contributed by atoms with Crippen molar-refractivity contribution in [1.82, 2.24) is 9.80 Å². The number of hydrogen-bond donors (Lipinski definition) is 0. The van der Waals surface area contributed by atoms with Gasteiger partial charge < -0.3 is 9.80 Å². The van der Waals surface area contributed by atoms with Gasteiger partial charge in [-0.2, -0.15) is 5.26 Å². The molecule has 0 spiro atoms. The maximum Gasteiger partial charge on any atom is 0.254 e. The fourth-order valence-electron chi connectivity index (χ4n) is 2.31. The number of amides is 2. The number of nitriles is 1. The Labute approximate surface area is 118 Å². The zero-order valence-corrected chi connectivity index (χ0v) is 11.7. The molecule has 1 fully saturated rings. The van der Waals surface area contributed by atoms with Crippen molar-refractivity contribution in [2.24, 2.45) is 0 Å². The van der Waals surface area contributed by atoms with Gasteiger partial charge in [-0.15, -0.1) is 0 Å². The first-order chi connectivity index (χ1) is 9.52. The summed E-state index contributed by atoms with van der Waals surface area (Å²) >= 11 is 0. The zero-order valence-electron chi connectivity index (χ0n) is 11.7. The minimum Gasteiger partial charge on any atom is -0.337 e. The Kier molecular flexibility index (Phi) is 4.04. The molecule has 20 heavy (non-hydrogen) atoms. The van der Waals surface area contributed by atoms with E-state index in [1.165, 1.54) is 4.90 Å². The van der Waals surface area contributed by atoms with Crippen LogP contribution in [0.1, 0.15) is 29.8 Å². The molecule has 5 heteroatoms. The van der Waals surface area contributed by atoms with Crippen molar-refractivity contribution < 1.29 is 9.59 Å². The van der Waals surface area contributed by atoms with Gasteiger partial charge in [-0.05, 0) is 32.0 Å². The summed E-state index contributed by atoms with van der Waals surface area (Å²) in [5, 5.41) is 8.86. The molecule has 5 nitrogen and oxygen atoms in total. The van der Waals surface area contributed by atoms with Gasteiger partial charge >= 0.3 is 0 Å². The first kappa shape index (κ1) is 14.1. The molecule has 0 saturated carbocycles. The van der Waals surface area contributed by atoms with E-state index < -0.39 is 0 Å². The third-order valence-electron chi connectivity index (χ3n) is 3.41. The Morgan fingerprint density at radius 1 is 1.35 bits per heavy atom. The SMILES string of the molecule is CC(C)N1CCN(C(=O)c2cccc(C#N)c2)CC1=O. The molecule has 1 saturated heterocycles. The summed E-state index contributed by atoms with van der Waals surface area (Å²) < 4.78 is 0. The summed E-state index contributed by atoms with van der Waals surface area (Å²) in [6, 6.07) is 8.72. The summed E-state index contributed by atoms with van der Waals surface area (Å²) in [6.07, 6.45) is 0. The van der Waals surface area contributed by atoms with Crippen LogP contribution in [-0.4, -0.2) is 47.3 Å². The molecule has 1 heterocycles. The Hall–Kier alpha value is -2.35. The van der Waals surface area contributed by atoms with Crippen molar-refractivity contribution in [2.45, 2.75) is 19.9 Å². The maximum atomic E-state index is 12.3. The van der Waals surface area contributed by atoms with E-state index in [1.54, 1.807) is 29.2 Å². The third kappa shape index (κ3) is 2.80. The molecule has 1 aliphatic rings. The van der Waals surface area contributed by atoms with Gasteiger partial charge in [-0.1, -0.05) is 6.07 Å². The molecule has 1 aromatic carbocycles. The fourth-order valence-corrected chi connectivity index (χ4v) is 2.31. The van der Waals surface area contributed by atoms with Crippen LogP contribution >= 0.6 is 0 Å². The van der Waals surface area contributed by atoms with Crippen molar-refractivity contribution in [3.63, 3.8) is 0 Å². The molecule has 2 amide bonds. The van der Waals surface area contributed by atoms with Gasteiger partial charge in [0.15, 0.2) is 0 Å². The number of piperazine rings is 1. The Morgan fingerprint density at radius 2 is 2.10 bits per heavy atom. The average molecular weight is 271 g/mol. The van der Waals surface area contributed by atoms with E-state index in [0.29, 0.717) is 24.2 Å².